The minimum atomic E-state index is -0.135. The van der Waals surface area contributed by atoms with Gasteiger partial charge in [-0.05, 0) is 26.2 Å². The third-order valence-corrected chi connectivity index (χ3v) is 4.68. The summed E-state index contributed by atoms with van der Waals surface area (Å²) < 4.78 is 11.6. The lowest BCUT2D eigenvalue weighted by molar-refractivity contribution is -0.0592. The smallest absolute Gasteiger partial charge is 0.290 e. The van der Waals surface area contributed by atoms with E-state index in [0.717, 1.165) is 0 Å². The van der Waals surface area contributed by atoms with Gasteiger partial charge in [-0.1, -0.05) is 13.8 Å². The van der Waals surface area contributed by atoms with Crippen molar-refractivity contribution in [3.05, 3.63) is 22.6 Å². The molecule has 5 nitrogen and oxygen atoms in total. The number of rotatable bonds is 1. The molecule has 1 saturated heterocycles. The van der Waals surface area contributed by atoms with Crippen molar-refractivity contribution in [3.63, 3.8) is 0 Å². The van der Waals surface area contributed by atoms with Gasteiger partial charge in [0.2, 0.25) is 0 Å². The van der Waals surface area contributed by atoms with Gasteiger partial charge in [0.05, 0.1) is 17.8 Å². The number of amides is 1. The number of carbonyl (C=O) groups excluding carboxylic acids is 2. The van der Waals surface area contributed by atoms with Gasteiger partial charge in [-0.2, -0.15) is 0 Å². The van der Waals surface area contributed by atoms with E-state index in [0.29, 0.717) is 48.6 Å². The Morgan fingerprint density at radius 1 is 1.17 bits per heavy atom. The van der Waals surface area contributed by atoms with Crippen molar-refractivity contribution in [1.82, 2.24) is 4.90 Å². The van der Waals surface area contributed by atoms with Crippen LogP contribution in [0.15, 0.2) is 4.42 Å². The zero-order chi connectivity index (χ0) is 16.9. The van der Waals surface area contributed by atoms with Crippen LogP contribution in [0.5, 0.6) is 0 Å². The van der Waals surface area contributed by atoms with E-state index in [4.69, 9.17) is 9.15 Å². The normalized spacial score (nSPS) is 27.0. The van der Waals surface area contributed by atoms with Gasteiger partial charge in [-0.3, -0.25) is 9.59 Å². The average molecular weight is 319 g/mol. The van der Waals surface area contributed by atoms with Crippen LogP contribution in [0.2, 0.25) is 0 Å². The van der Waals surface area contributed by atoms with E-state index in [1.54, 1.807) is 4.90 Å². The van der Waals surface area contributed by atoms with Crippen LogP contribution < -0.4 is 0 Å². The van der Waals surface area contributed by atoms with E-state index in [2.05, 4.69) is 13.8 Å². The van der Waals surface area contributed by atoms with Crippen molar-refractivity contribution in [2.75, 3.05) is 13.1 Å². The number of nitrogens with zero attached hydrogens (tertiary/aromatic N) is 1. The number of ether oxygens (including phenoxy) is 1. The van der Waals surface area contributed by atoms with Crippen molar-refractivity contribution in [1.29, 1.82) is 0 Å². The summed E-state index contributed by atoms with van der Waals surface area (Å²) in [4.78, 5) is 27.1. The number of hydrogen-bond acceptors (Lipinski definition) is 4. The molecule has 0 bridgehead atoms. The van der Waals surface area contributed by atoms with Gasteiger partial charge in [0.25, 0.3) is 5.91 Å². The maximum absolute atomic E-state index is 12.9. The van der Waals surface area contributed by atoms with Crippen molar-refractivity contribution in [3.8, 4) is 0 Å². The molecule has 126 valence electrons. The highest BCUT2D eigenvalue weighted by Gasteiger charge is 2.38. The van der Waals surface area contributed by atoms with E-state index in [1.165, 1.54) is 0 Å². The lowest BCUT2D eigenvalue weighted by Crippen LogP contribution is -2.48. The molecule has 1 amide bonds. The molecule has 2 heterocycles. The Morgan fingerprint density at radius 2 is 1.78 bits per heavy atom. The molecule has 2 unspecified atom stereocenters. The number of fused-ring (bicyclic) bond motifs is 1. The van der Waals surface area contributed by atoms with Crippen LogP contribution in [0, 0.1) is 12.3 Å². The molecule has 23 heavy (non-hydrogen) atoms. The molecule has 1 aliphatic heterocycles. The third-order valence-electron chi connectivity index (χ3n) is 4.68. The molecular weight excluding hydrogens is 294 g/mol. The van der Waals surface area contributed by atoms with Gasteiger partial charge in [0.15, 0.2) is 11.5 Å². The summed E-state index contributed by atoms with van der Waals surface area (Å²) in [6, 6.07) is 0. The molecule has 1 aromatic rings. The number of carbonyl (C=O) groups is 2. The van der Waals surface area contributed by atoms with Crippen molar-refractivity contribution in [2.24, 2.45) is 5.41 Å². The topological polar surface area (TPSA) is 59.8 Å². The van der Waals surface area contributed by atoms with Gasteiger partial charge in [-0.25, -0.2) is 0 Å². The van der Waals surface area contributed by atoms with Crippen LogP contribution in [0.25, 0.3) is 0 Å². The molecule has 0 spiro atoms. The highest BCUT2D eigenvalue weighted by molar-refractivity contribution is 6.03. The van der Waals surface area contributed by atoms with Crippen LogP contribution in [-0.2, 0) is 11.2 Å². The molecule has 1 aromatic heterocycles. The first kappa shape index (κ1) is 16.2. The Labute approximate surface area is 137 Å². The van der Waals surface area contributed by atoms with Crippen molar-refractivity contribution >= 4 is 11.7 Å². The SMILES string of the molecule is Cc1c(C(=O)N2CC(C)OC(C)C2)oc2c1C(=O)CC(C)(C)C2. The minimum Gasteiger partial charge on any atom is -0.455 e. The zero-order valence-corrected chi connectivity index (χ0v) is 14.6. The zero-order valence-electron chi connectivity index (χ0n) is 14.6. The Hall–Kier alpha value is -1.62. The third kappa shape index (κ3) is 2.94. The lowest BCUT2D eigenvalue weighted by Gasteiger charge is -2.34. The Balaban J connectivity index is 1.93. The Morgan fingerprint density at radius 3 is 2.39 bits per heavy atom. The molecule has 0 N–H and O–H groups in total. The van der Waals surface area contributed by atoms with Crippen LogP contribution in [0.4, 0.5) is 0 Å². The summed E-state index contributed by atoms with van der Waals surface area (Å²) in [6.45, 7) is 10.9. The molecule has 2 aliphatic rings. The van der Waals surface area contributed by atoms with Crippen molar-refractivity contribution < 1.29 is 18.7 Å². The van der Waals surface area contributed by atoms with E-state index >= 15 is 0 Å². The van der Waals surface area contributed by atoms with Crippen LogP contribution in [0.1, 0.15) is 66.4 Å². The summed E-state index contributed by atoms with van der Waals surface area (Å²) in [5, 5.41) is 0. The maximum atomic E-state index is 12.9. The summed E-state index contributed by atoms with van der Waals surface area (Å²) in [5.41, 5.74) is 1.20. The van der Waals surface area contributed by atoms with Crippen molar-refractivity contribution in [2.45, 2.75) is 59.7 Å². The van der Waals surface area contributed by atoms with Gasteiger partial charge in [0, 0.05) is 31.5 Å². The molecule has 2 atom stereocenters. The van der Waals surface area contributed by atoms with Crippen LogP contribution in [0.3, 0.4) is 0 Å². The van der Waals surface area contributed by atoms with E-state index in [1.807, 2.05) is 20.8 Å². The fourth-order valence-corrected chi connectivity index (χ4v) is 3.77. The van der Waals surface area contributed by atoms with E-state index in [9.17, 15) is 9.59 Å². The molecule has 5 heteroatoms. The predicted molar refractivity (Wildman–Crippen MR) is 85.8 cm³/mol. The number of furan rings is 1. The summed E-state index contributed by atoms with van der Waals surface area (Å²) in [5.74, 6) is 0.938. The monoisotopic (exact) mass is 319 g/mol. The minimum absolute atomic E-state index is 0.00755. The lowest BCUT2D eigenvalue weighted by atomic mass is 9.76. The number of ketones is 1. The first-order chi connectivity index (χ1) is 10.7. The van der Waals surface area contributed by atoms with Gasteiger partial charge in [0.1, 0.15) is 5.76 Å². The summed E-state index contributed by atoms with van der Waals surface area (Å²) in [6.07, 6.45) is 1.21. The average Bonchev–Trinajstić information content (AvgIpc) is 2.72. The van der Waals surface area contributed by atoms with Gasteiger partial charge >= 0.3 is 0 Å². The quantitative estimate of drug-likeness (QED) is 0.798. The molecule has 3 rings (SSSR count). The first-order valence-corrected chi connectivity index (χ1v) is 8.28. The predicted octanol–water partition coefficient (Wildman–Crippen LogP) is 2.99. The molecule has 0 aromatic carbocycles. The van der Waals surface area contributed by atoms with Crippen LogP contribution in [-0.4, -0.2) is 41.9 Å². The van der Waals surface area contributed by atoms with E-state index in [-0.39, 0.29) is 29.3 Å². The molecule has 1 aliphatic carbocycles. The second kappa shape index (κ2) is 5.48. The fourth-order valence-electron chi connectivity index (χ4n) is 3.77. The maximum Gasteiger partial charge on any atom is 0.290 e. The molecular formula is C18H25NO4. The van der Waals surface area contributed by atoms with E-state index < -0.39 is 0 Å². The summed E-state index contributed by atoms with van der Waals surface area (Å²) in [7, 11) is 0. The number of hydrogen-bond donors (Lipinski definition) is 0. The second-order valence-electron chi connectivity index (χ2n) is 7.76. The van der Waals surface area contributed by atoms with Gasteiger partial charge < -0.3 is 14.1 Å². The van der Waals surface area contributed by atoms with Gasteiger partial charge in [-0.15, -0.1) is 0 Å². The standard InChI is InChI=1S/C18H25NO4/c1-10-8-19(9-11(2)22-10)17(21)16-12(3)15-13(20)6-18(4,5)7-14(15)23-16/h10-11H,6-9H2,1-5H3. The fraction of sp³-hybridized carbons (Fsp3) is 0.667. The number of morpholine rings is 1. The first-order valence-electron chi connectivity index (χ1n) is 8.28. The molecule has 0 saturated carbocycles. The van der Waals surface area contributed by atoms with Crippen LogP contribution >= 0.6 is 0 Å². The molecule has 0 radical (unpaired) electrons. The second-order valence-corrected chi connectivity index (χ2v) is 7.76. The largest absolute Gasteiger partial charge is 0.455 e. The molecule has 1 fully saturated rings. The highest BCUT2D eigenvalue weighted by Crippen LogP contribution is 2.38. The Bertz CT molecular complexity index is 648. The highest BCUT2D eigenvalue weighted by atomic mass is 16.5. The Kier molecular flexibility index (Phi) is 3.87. The number of Topliss-reactive ketones (excluding diaryl/α,β-unsaturated/α-hetero) is 1. The summed E-state index contributed by atoms with van der Waals surface area (Å²) >= 11 is 0.